The zero-order chi connectivity index (χ0) is 17.8. The molecular weight excluding hydrogens is 343 g/mol. The van der Waals surface area contributed by atoms with Crippen LogP contribution in [-0.4, -0.2) is 49.0 Å². The molecule has 132 valence electrons. The highest BCUT2D eigenvalue weighted by molar-refractivity contribution is 6.30. The number of benzene rings is 2. The number of hydrogen-bond acceptors (Lipinski definition) is 3. The van der Waals surface area contributed by atoms with Crippen LogP contribution in [0.25, 0.3) is 0 Å². The number of carbonyl (C=O) groups is 1. The van der Waals surface area contributed by atoms with E-state index in [1.807, 2.05) is 11.0 Å². The standard InChI is InChI=1S/C19H20ClFN2O2/c1-25-18-6-5-14(11-17(18)21)13-22-7-9-23(10-8-22)19(24)15-3-2-4-16(20)12-15/h2-6,11-12H,7-10,13H2,1H3. The molecular formula is C19H20ClFN2O2. The molecule has 0 N–H and O–H groups in total. The van der Waals surface area contributed by atoms with Gasteiger partial charge in [-0.1, -0.05) is 23.7 Å². The van der Waals surface area contributed by atoms with E-state index < -0.39 is 0 Å². The van der Waals surface area contributed by atoms with E-state index in [0.29, 0.717) is 30.2 Å². The van der Waals surface area contributed by atoms with Gasteiger partial charge in [0.2, 0.25) is 0 Å². The number of carbonyl (C=O) groups excluding carboxylic acids is 1. The second-order valence-corrected chi connectivity index (χ2v) is 6.48. The third-order valence-electron chi connectivity index (χ3n) is 4.35. The second-order valence-electron chi connectivity index (χ2n) is 6.05. The summed E-state index contributed by atoms with van der Waals surface area (Å²) in [6.45, 7) is 3.44. The molecule has 0 radical (unpaired) electrons. The lowest BCUT2D eigenvalue weighted by molar-refractivity contribution is 0.0628. The molecule has 0 saturated carbocycles. The highest BCUT2D eigenvalue weighted by Crippen LogP contribution is 2.20. The highest BCUT2D eigenvalue weighted by Gasteiger charge is 2.22. The first-order valence-corrected chi connectivity index (χ1v) is 8.54. The van der Waals surface area contributed by atoms with Crippen molar-refractivity contribution < 1.29 is 13.9 Å². The van der Waals surface area contributed by atoms with Gasteiger partial charge < -0.3 is 9.64 Å². The quantitative estimate of drug-likeness (QED) is 0.835. The Morgan fingerprint density at radius 1 is 1.16 bits per heavy atom. The average Bonchev–Trinajstić information content (AvgIpc) is 2.62. The molecule has 4 nitrogen and oxygen atoms in total. The number of rotatable bonds is 4. The van der Waals surface area contributed by atoms with Crippen LogP contribution >= 0.6 is 11.6 Å². The molecule has 0 atom stereocenters. The maximum absolute atomic E-state index is 13.8. The number of ether oxygens (including phenoxy) is 1. The summed E-state index contributed by atoms with van der Waals surface area (Å²) in [5.74, 6) is -0.104. The van der Waals surface area contributed by atoms with Gasteiger partial charge in [0.1, 0.15) is 0 Å². The first-order chi connectivity index (χ1) is 12.1. The zero-order valence-corrected chi connectivity index (χ0v) is 14.8. The molecule has 2 aromatic carbocycles. The lowest BCUT2D eigenvalue weighted by Gasteiger charge is -2.34. The van der Waals surface area contributed by atoms with Crippen molar-refractivity contribution >= 4 is 17.5 Å². The summed E-state index contributed by atoms with van der Waals surface area (Å²) in [5, 5.41) is 0.561. The largest absolute Gasteiger partial charge is 0.494 e. The van der Waals surface area contributed by atoms with Crippen molar-refractivity contribution in [3.05, 3.63) is 64.4 Å². The van der Waals surface area contributed by atoms with Crippen molar-refractivity contribution in [3.8, 4) is 5.75 Å². The molecule has 0 unspecified atom stereocenters. The van der Waals surface area contributed by atoms with E-state index in [1.54, 1.807) is 30.3 Å². The maximum atomic E-state index is 13.8. The van der Waals surface area contributed by atoms with Crippen LogP contribution in [0, 0.1) is 5.82 Å². The Morgan fingerprint density at radius 2 is 1.92 bits per heavy atom. The number of piperazine rings is 1. The lowest BCUT2D eigenvalue weighted by atomic mass is 10.1. The molecule has 1 heterocycles. The minimum Gasteiger partial charge on any atom is -0.494 e. The van der Waals surface area contributed by atoms with Gasteiger partial charge >= 0.3 is 0 Å². The molecule has 0 spiro atoms. The van der Waals surface area contributed by atoms with Crippen LogP contribution in [0.4, 0.5) is 4.39 Å². The summed E-state index contributed by atoms with van der Waals surface area (Å²) in [7, 11) is 1.45. The van der Waals surface area contributed by atoms with Crippen molar-refractivity contribution in [3.63, 3.8) is 0 Å². The van der Waals surface area contributed by atoms with Crippen LogP contribution in [0.1, 0.15) is 15.9 Å². The molecule has 1 saturated heterocycles. The highest BCUT2D eigenvalue weighted by atomic mass is 35.5. The van der Waals surface area contributed by atoms with E-state index in [0.717, 1.165) is 18.7 Å². The smallest absolute Gasteiger partial charge is 0.253 e. The molecule has 1 aliphatic heterocycles. The van der Waals surface area contributed by atoms with E-state index in [-0.39, 0.29) is 17.5 Å². The summed E-state index contributed by atoms with van der Waals surface area (Å²) >= 11 is 5.96. The van der Waals surface area contributed by atoms with E-state index >= 15 is 0 Å². The van der Waals surface area contributed by atoms with Gasteiger partial charge in [0.25, 0.3) is 5.91 Å². The van der Waals surface area contributed by atoms with E-state index in [4.69, 9.17) is 16.3 Å². The Balaban J connectivity index is 1.56. The molecule has 3 rings (SSSR count). The van der Waals surface area contributed by atoms with Crippen LogP contribution in [-0.2, 0) is 6.54 Å². The summed E-state index contributed by atoms with van der Waals surface area (Å²) < 4.78 is 18.7. The number of methoxy groups -OCH3 is 1. The Hall–Kier alpha value is -2.11. The van der Waals surface area contributed by atoms with Gasteiger partial charge in [0.05, 0.1) is 7.11 Å². The van der Waals surface area contributed by atoms with E-state index in [9.17, 15) is 9.18 Å². The van der Waals surface area contributed by atoms with Crippen LogP contribution in [0.2, 0.25) is 5.02 Å². The van der Waals surface area contributed by atoms with E-state index in [2.05, 4.69) is 4.90 Å². The Labute approximate surface area is 151 Å². The molecule has 0 bridgehead atoms. The molecule has 1 amide bonds. The number of hydrogen-bond donors (Lipinski definition) is 0. The molecule has 0 aliphatic carbocycles. The van der Waals surface area contributed by atoms with Gasteiger partial charge in [-0.25, -0.2) is 4.39 Å². The first-order valence-electron chi connectivity index (χ1n) is 8.16. The third-order valence-corrected chi connectivity index (χ3v) is 4.59. The van der Waals surface area contributed by atoms with Crippen molar-refractivity contribution in [2.24, 2.45) is 0 Å². The fraction of sp³-hybridized carbons (Fsp3) is 0.316. The van der Waals surface area contributed by atoms with Gasteiger partial charge in [0.15, 0.2) is 11.6 Å². The van der Waals surface area contributed by atoms with Gasteiger partial charge in [-0.3, -0.25) is 9.69 Å². The molecule has 0 aromatic heterocycles. The number of halogens is 2. The number of amides is 1. The summed E-state index contributed by atoms with van der Waals surface area (Å²) in [6, 6.07) is 12.0. The fourth-order valence-electron chi connectivity index (χ4n) is 2.98. The van der Waals surface area contributed by atoms with Crippen molar-refractivity contribution in [1.82, 2.24) is 9.80 Å². The predicted octanol–water partition coefficient (Wildman–Crippen LogP) is 3.45. The summed E-state index contributed by atoms with van der Waals surface area (Å²) in [5.41, 5.74) is 1.51. The molecule has 1 aliphatic rings. The molecule has 6 heteroatoms. The van der Waals surface area contributed by atoms with Crippen LogP contribution in [0.3, 0.4) is 0 Å². The SMILES string of the molecule is COc1ccc(CN2CCN(C(=O)c3cccc(Cl)c3)CC2)cc1F. The molecule has 2 aromatic rings. The third kappa shape index (κ3) is 4.30. The summed E-state index contributed by atoms with van der Waals surface area (Å²) in [6.07, 6.45) is 0. The lowest BCUT2D eigenvalue weighted by Crippen LogP contribution is -2.48. The van der Waals surface area contributed by atoms with Crippen molar-refractivity contribution in [1.29, 1.82) is 0 Å². The van der Waals surface area contributed by atoms with Crippen molar-refractivity contribution in [2.75, 3.05) is 33.3 Å². The van der Waals surface area contributed by atoms with Crippen molar-refractivity contribution in [2.45, 2.75) is 6.54 Å². The Morgan fingerprint density at radius 3 is 2.56 bits per heavy atom. The topological polar surface area (TPSA) is 32.8 Å². The molecule has 1 fully saturated rings. The van der Waals surface area contributed by atoms with Crippen LogP contribution in [0.5, 0.6) is 5.75 Å². The minimum atomic E-state index is -0.352. The second kappa shape index (κ2) is 7.85. The Kier molecular flexibility index (Phi) is 5.56. The average molecular weight is 363 g/mol. The van der Waals surface area contributed by atoms with E-state index in [1.165, 1.54) is 13.2 Å². The normalized spacial score (nSPS) is 15.2. The van der Waals surface area contributed by atoms with Gasteiger partial charge in [0, 0.05) is 43.3 Å². The first kappa shape index (κ1) is 17.7. The monoisotopic (exact) mass is 362 g/mol. The summed E-state index contributed by atoms with van der Waals surface area (Å²) in [4.78, 5) is 16.6. The molecule has 25 heavy (non-hydrogen) atoms. The number of nitrogens with zero attached hydrogens (tertiary/aromatic N) is 2. The maximum Gasteiger partial charge on any atom is 0.253 e. The van der Waals surface area contributed by atoms with Gasteiger partial charge in [-0.05, 0) is 35.9 Å². The fourth-order valence-corrected chi connectivity index (χ4v) is 3.17. The van der Waals surface area contributed by atoms with Gasteiger partial charge in [-0.2, -0.15) is 0 Å². The van der Waals surface area contributed by atoms with Gasteiger partial charge in [-0.15, -0.1) is 0 Å². The Bertz CT molecular complexity index is 761. The predicted molar refractivity (Wildman–Crippen MR) is 95.6 cm³/mol. The van der Waals surface area contributed by atoms with Crippen LogP contribution in [0.15, 0.2) is 42.5 Å². The zero-order valence-electron chi connectivity index (χ0n) is 14.0. The van der Waals surface area contributed by atoms with Crippen LogP contribution < -0.4 is 4.74 Å². The minimum absolute atomic E-state index is 0.00218.